The van der Waals surface area contributed by atoms with Gasteiger partial charge in [0, 0.05) is 12.6 Å². The molecule has 112 valence electrons. The second-order valence-electron chi connectivity index (χ2n) is 5.18. The fourth-order valence-corrected chi connectivity index (χ4v) is 4.66. The molecule has 1 saturated carbocycles. The van der Waals surface area contributed by atoms with E-state index in [0.29, 0.717) is 17.3 Å². The predicted molar refractivity (Wildman–Crippen MR) is 82.3 cm³/mol. The maximum Gasteiger partial charge on any atom is 0.243 e. The van der Waals surface area contributed by atoms with Crippen molar-refractivity contribution in [3.8, 4) is 0 Å². The molecule has 0 radical (unpaired) electrons. The lowest BCUT2D eigenvalue weighted by Crippen LogP contribution is -2.41. The second kappa shape index (κ2) is 6.33. The molecule has 0 heterocycles. The van der Waals surface area contributed by atoms with Crippen LogP contribution in [0.3, 0.4) is 0 Å². The summed E-state index contributed by atoms with van der Waals surface area (Å²) in [4.78, 5) is 0.229. The molecule has 6 heteroatoms. The van der Waals surface area contributed by atoms with Crippen molar-refractivity contribution >= 4 is 27.3 Å². The van der Waals surface area contributed by atoms with Gasteiger partial charge in [0.25, 0.3) is 0 Å². The van der Waals surface area contributed by atoms with Crippen LogP contribution in [-0.4, -0.2) is 25.3 Å². The van der Waals surface area contributed by atoms with Crippen molar-refractivity contribution < 1.29 is 8.42 Å². The van der Waals surface area contributed by atoms with Crippen molar-refractivity contribution in [2.75, 3.05) is 12.3 Å². The van der Waals surface area contributed by atoms with E-state index in [0.717, 1.165) is 25.7 Å². The number of nitrogen functional groups attached to an aromatic ring is 1. The first-order valence-electron chi connectivity index (χ1n) is 7.03. The zero-order valence-corrected chi connectivity index (χ0v) is 13.3. The largest absolute Gasteiger partial charge is 0.397 e. The molecular formula is C14H21ClN2O2S. The maximum absolute atomic E-state index is 12.8. The Morgan fingerprint density at radius 1 is 1.30 bits per heavy atom. The number of halogens is 1. The number of sulfonamides is 1. The van der Waals surface area contributed by atoms with E-state index in [2.05, 4.69) is 0 Å². The van der Waals surface area contributed by atoms with Gasteiger partial charge in [-0.25, -0.2) is 8.42 Å². The zero-order valence-electron chi connectivity index (χ0n) is 11.7. The van der Waals surface area contributed by atoms with Crippen molar-refractivity contribution in [3.05, 3.63) is 23.2 Å². The van der Waals surface area contributed by atoms with Gasteiger partial charge in [-0.1, -0.05) is 37.8 Å². The molecule has 20 heavy (non-hydrogen) atoms. The standard InChI is InChI=1S/C14H21ClN2O2S/c1-2-17(11-6-4-3-5-7-11)20(18,19)12-8-9-13(15)14(16)10-12/h8-11H,2-7,16H2,1H3. The van der Waals surface area contributed by atoms with E-state index in [4.69, 9.17) is 17.3 Å². The number of anilines is 1. The first-order valence-corrected chi connectivity index (χ1v) is 8.85. The number of nitrogens with zero attached hydrogens (tertiary/aromatic N) is 1. The molecule has 2 rings (SSSR count). The van der Waals surface area contributed by atoms with Gasteiger partial charge in [-0.15, -0.1) is 0 Å². The number of hydrogen-bond acceptors (Lipinski definition) is 3. The molecule has 4 nitrogen and oxygen atoms in total. The third-order valence-electron chi connectivity index (χ3n) is 3.87. The number of nitrogens with two attached hydrogens (primary N) is 1. The summed E-state index contributed by atoms with van der Waals surface area (Å²) in [5.41, 5.74) is 6.02. The molecule has 1 aliphatic carbocycles. The van der Waals surface area contributed by atoms with Crippen LogP contribution in [0.4, 0.5) is 5.69 Å². The van der Waals surface area contributed by atoms with Gasteiger partial charge in [-0.3, -0.25) is 0 Å². The predicted octanol–water partition coefficient (Wildman–Crippen LogP) is 3.27. The minimum atomic E-state index is -3.50. The first kappa shape index (κ1) is 15.6. The molecule has 0 spiro atoms. The summed E-state index contributed by atoms with van der Waals surface area (Å²) in [7, 11) is -3.50. The van der Waals surface area contributed by atoms with Gasteiger partial charge in [0.05, 0.1) is 15.6 Å². The van der Waals surface area contributed by atoms with Crippen LogP contribution >= 0.6 is 11.6 Å². The average molecular weight is 317 g/mol. The summed E-state index contributed by atoms with van der Waals surface area (Å²) in [6.07, 6.45) is 5.27. The van der Waals surface area contributed by atoms with Gasteiger partial charge < -0.3 is 5.73 Å². The van der Waals surface area contributed by atoms with Crippen molar-refractivity contribution in [1.82, 2.24) is 4.31 Å². The first-order chi connectivity index (χ1) is 9.46. The SMILES string of the molecule is CCN(C1CCCCC1)S(=O)(=O)c1ccc(Cl)c(N)c1. The van der Waals surface area contributed by atoms with E-state index in [1.165, 1.54) is 18.6 Å². The Labute approximate surface area is 126 Å². The maximum atomic E-state index is 12.8. The highest BCUT2D eigenvalue weighted by atomic mass is 35.5. The van der Waals surface area contributed by atoms with E-state index in [9.17, 15) is 8.42 Å². The molecule has 0 saturated heterocycles. The fourth-order valence-electron chi connectivity index (χ4n) is 2.81. The summed E-state index contributed by atoms with van der Waals surface area (Å²) in [6, 6.07) is 4.62. The molecule has 0 atom stereocenters. The fraction of sp³-hybridized carbons (Fsp3) is 0.571. The Kier molecular flexibility index (Phi) is 4.94. The van der Waals surface area contributed by atoms with Crippen LogP contribution in [0, 0.1) is 0 Å². The summed E-state index contributed by atoms with van der Waals surface area (Å²) < 4.78 is 27.1. The van der Waals surface area contributed by atoms with Gasteiger partial charge >= 0.3 is 0 Å². The van der Waals surface area contributed by atoms with E-state index < -0.39 is 10.0 Å². The molecule has 1 aliphatic rings. The summed E-state index contributed by atoms with van der Waals surface area (Å²) in [5.74, 6) is 0. The van der Waals surface area contributed by atoms with Crippen molar-refractivity contribution in [2.24, 2.45) is 0 Å². The second-order valence-corrected chi connectivity index (χ2v) is 7.48. The lowest BCUT2D eigenvalue weighted by molar-refractivity contribution is 0.261. The van der Waals surface area contributed by atoms with Crippen LogP contribution in [-0.2, 0) is 10.0 Å². The van der Waals surface area contributed by atoms with Gasteiger partial charge in [0.1, 0.15) is 0 Å². The lowest BCUT2D eigenvalue weighted by Gasteiger charge is -2.32. The van der Waals surface area contributed by atoms with Crippen molar-refractivity contribution in [2.45, 2.75) is 50.0 Å². The molecule has 0 bridgehead atoms. The molecule has 1 aromatic carbocycles. The van der Waals surface area contributed by atoms with Crippen LogP contribution in [0.1, 0.15) is 39.0 Å². The van der Waals surface area contributed by atoms with Gasteiger partial charge in [-0.2, -0.15) is 4.31 Å². The monoisotopic (exact) mass is 316 g/mol. The molecule has 1 fully saturated rings. The molecular weight excluding hydrogens is 296 g/mol. The van der Waals surface area contributed by atoms with Crippen LogP contribution < -0.4 is 5.73 Å². The lowest BCUT2D eigenvalue weighted by atomic mass is 9.95. The van der Waals surface area contributed by atoms with Crippen molar-refractivity contribution in [1.29, 1.82) is 0 Å². The molecule has 0 amide bonds. The molecule has 0 aliphatic heterocycles. The Balaban J connectivity index is 2.32. The van der Waals surface area contributed by atoms with Crippen molar-refractivity contribution in [3.63, 3.8) is 0 Å². The Hall–Kier alpha value is -0.780. The van der Waals surface area contributed by atoms with Gasteiger partial charge in [0.15, 0.2) is 0 Å². The minimum absolute atomic E-state index is 0.107. The van der Waals surface area contributed by atoms with Gasteiger partial charge in [-0.05, 0) is 31.0 Å². The van der Waals surface area contributed by atoms with E-state index >= 15 is 0 Å². The third-order valence-corrected chi connectivity index (χ3v) is 6.24. The van der Waals surface area contributed by atoms with Crippen LogP contribution in [0.2, 0.25) is 5.02 Å². The van der Waals surface area contributed by atoms with Crippen LogP contribution in [0.15, 0.2) is 23.1 Å². The van der Waals surface area contributed by atoms with E-state index in [1.54, 1.807) is 10.4 Å². The molecule has 2 N–H and O–H groups in total. The number of benzene rings is 1. The highest BCUT2D eigenvalue weighted by Crippen LogP contribution is 2.29. The normalized spacial score (nSPS) is 17.6. The van der Waals surface area contributed by atoms with E-state index in [1.807, 2.05) is 6.92 Å². The molecule has 0 unspecified atom stereocenters. The number of hydrogen-bond donors (Lipinski definition) is 1. The zero-order chi connectivity index (χ0) is 14.8. The smallest absolute Gasteiger partial charge is 0.243 e. The third kappa shape index (κ3) is 3.10. The highest BCUT2D eigenvalue weighted by molar-refractivity contribution is 7.89. The molecule has 1 aromatic rings. The quantitative estimate of drug-likeness (QED) is 0.867. The Morgan fingerprint density at radius 3 is 2.50 bits per heavy atom. The summed E-state index contributed by atoms with van der Waals surface area (Å²) in [5, 5.41) is 0.379. The van der Waals surface area contributed by atoms with E-state index in [-0.39, 0.29) is 10.9 Å². The minimum Gasteiger partial charge on any atom is -0.397 e. The summed E-state index contributed by atoms with van der Waals surface area (Å²) >= 11 is 5.86. The number of rotatable bonds is 4. The van der Waals surface area contributed by atoms with Gasteiger partial charge in [0.2, 0.25) is 10.0 Å². The summed E-state index contributed by atoms with van der Waals surface area (Å²) in [6.45, 7) is 2.36. The van der Waals surface area contributed by atoms with Crippen LogP contribution in [0.5, 0.6) is 0 Å². The molecule has 0 aromatic heterocycles. The van der Waals surface area contributed by atoms with Crippen LogP contribution in [0.25, 0.3) is 0 Å². The Bertz CT molecular complexity index is 569. The topological polar surface area (TPSA) is 63.4 Å². The highest BCUT2D eigenvalue weighted by Gasteiger charge is 2.31. The Morgan fingerprint density at radius 2 is 1.95 bits per heavy atom. The average Bonchev–Trinajstić information content (AvgIpc) is 2.43.